The molecule has 7 nitrogen and oxygen atoms in total. The van der Waals surface area contributed by atoms with Crippen LogP contribution in [0.4, 0.5) is 0 Å². The van der Waals surface area contributed by atoms with Crippen LogP contribution in [0.1, 0.15) is 30.1 Å². The number of hydrogen-bond acceptors (Lipinski definition) is 5. The lowest BCUT2D eigenvalue weighted by molar-refractivity contribution is -0.148. The second-order valence-electron chi connectivity index (χ2n) is 4.90. The van der Waals surface area contributed by atoms with Gasteiger partial charge in [-0.1, -0.05) is 0 Å². The molecule has 1 aromatic carbocycles. The van der Waals surface area contributed by atoms with Gasteiger partial charge in [0.15, 0.2) is 11.9 Å². The van der Waals surface area contributed by atoms with Gasteiger partial charge in [0.05, 0.1) is 13.2 Å². The molecule has 23 heavy (non-hydrogen) atoms. The summed E-state index contributed by atoms with van der Waals surface area (Å²) < 4.78 is 10.2. The Kier molecular flexibility index (Phi) is 7.76. The third-order valence-corrected chi connectivity index (χ3v) is 3.12. The summed E-state index contributed by atoms with van der Waals surface area (Å²) in [6.07, 6.45) is -0.331. The molecule has 0 aliphatic carbocycles. The maximum atomic E-state index is 11.6. The van der Waals surface area contributed by atoms with Crippen molar-refractivity contribution in [1.29, 1.82) is 0 Å². The van der Waals surface area contributed by atoms with Crippen molar-refractivity contribution in [2.45, 2.75) is 25.9 Å². The van der Waals surface area contributed by atoms with Crippen molar-refractivity contribution in [2.75, 3.05) is 20.3 Å². The Hall–Kier alpha value is -2.41. The quantitative estimate of drug-likeness (QED) is 0.496. The van der Waals surface area contributed by atoms with Gasteiger partial charge in [-0.2, -0.15) is 0 Å². The SMILES string of the molecule is COC(CNC(=O)CCCOc1ccc(C(C)=O)cc1)C(=O)O. The number of hydrogen-bond donors (Lipinski definition) is 2. The van der Waals surface area contributed by atoms with E-state index in [1.165, 1.54) is 14.0 Å². The minimum absolute atomic E-state index is 0.0102. The fourth-order valence-corrected chi connectivity index (χ4v) is 1.77. The summed E-state index contributed by atoms with van der Waals surface area (Å²) in [6.45, 7) is 1.77. The number of aliphatic carboxylic acids is 1. The molecular weight excluding hydrogens is 302 g/mol. The topological polar surface area (TPSA) is 102 Å². The number of nitrogens with one attached hydrogen (secondary N) is 1. The summed E-state index contributed by atoms with van der Waals surface area (Å²) in [6, 6.07) is 6.77. The van der Waals surface area contributed by atoms with E-state index in [1.54, 1.807) is 24.3 Å². The highest BCUT2D eigenvalue weighted by atomic mass is 16.5. The van der Waals surface area contributed by atoms with Crippen LogP contribution in [0.15, 0.2) is 24.3 Å². The molecule has 7 heteroatoms. The number of methoxy groups -OCH3 is 1. The summed E-state index contributed by atoms with van der Waals surface area (Å²) in [5.74, 6) is -0.765. The lowest BCUT2D eigenvalue weighted by Gasteiger charge is -2.11. The van der Waals surface area contributed by atoms with E-state index < -0.39 is 12.1 Å². The summed E-state index contributed by atoms with van der Waals surface area (Å²) >= 11 is 0. The summed E-state index contributed by atoms with van der Waals surface area (Å²) in [4.78, 5) is 33.4. The summed E-state index contributed by atoms with van der Waals surface area (Å²) in [5.41, 5.74) is 0.614. The van der Waals surface area contributed by atoms with E-state index >= 15 is 0 Å². The zero-order valence-electron chi connectivity index (χ0n) is 13.2. The van der Waals surface area contributed by atoms with E-state index in [0.29, 0.717) is 24.3 Å². The van der Waals surface area contributed by atoms with Crippen molar-refractivity contribution in [3.05, 3.63) is 29.8 Å². The Morgan fingerprint density at radius 1 is 1.22 bits per heavy atom. The molecule has 0 bridgehead atoms. The normalized spacial score (nSPS) is 11.6. The highest BCUT2D eigenvalue weighted by Crippen LogP contribution is 2.13. The first-order valence-electron chi connectivity index (χ1n) is 7.20. The molecule has 0 aliphatic heterocycles. The number of carbonyl (C=O) groups is 3. The molecule has 1 atom stereocenters. The number of amides is 1. The molecule has 0 aromatic heterocycles. The predicted octanol–water partition coefficient (Wildman–Crippen LogP) is 1.26. The number of ketones is 1. The van der Waals surface area contributed by atoms with Crippen LogP contribution in [0.5, 0.6) is 5.75 Å². The summed E-state index contributed by atoms with van der Waals surface area (Å²) in [7, 11) is 1.27. The van der Waals surface area contributed by atoms with Crippen molar-refractivity contribution >= 4 is 17.7 Å². The van der Waals surface area contributed by atoms with Crippen molar-refractivity contribution in [1.82, 2.24) is 5.32 Å². The van der Waals surface area contributed by atoms with E-state index in [9.17, 15) is 14.4 Å². The van der Waals surface area contributed by atoms with Gasteiger partial charge in [-0.15, -0.1) is 0 Å². The van der Waals surface area contributed by atoms with Gasteiger partial charge in [-0.3, -0.25) is 9.59 Å². The zero-order valence-corrected chi connectivity index (χ0v) is 13.2. The number of Topliss-reactive ketones (excluding diaryl/α,β-unsaturated/α-hetero) is 1. The molecule has 126 valence electrons. The van der Waals surface area contributed by atoms with E-state index in [0.717, 1.165) is 0 Å². The van der Waals surface area contributed by atoms with Gasteiger partial charge in [0.2, 0.25) is 5.91 Å². The molecule has 0 aliphatic rings. The first-order chi connectivity index (χ1) is 10.9. The lowest BCUT2D eigenvalue weighted by atomic mass is 10.1. The Morgan fingerprint density at radius 2 is 1.87 bits per heavy atom. The highest BCUT2D eigenvalue weighted by molar-refractivity contribution is 5.94. The largest absolute Gasteiger partial charge is 0.494 e. The number of carboxylic acid groups (broad SMARTS) is 1. The van der Waals surface area contributed by atoms with Gasteiger partial charge in [0.1, 0.15) is 5.75 Å². The van der Waals surface area contributed by atoms with Crippen LogP contribution >= 0.6 is 0 Å². The molecule has 1 rings (SSSR count). The first-order valence-corrected chi connectivity index (χ1v) is 7.20. The van der Waals surface area contributed by atoms with Gasteiger partial charge < -0.3 is 19.9 Å². The minimum Gasteiger partial charge on any atom is -0.494 e. The Labute approximate surface area is 134 Å². The van der Waals surface area contributed by atoms with Gasteiger partial charge in [-0.25, -0.2) is 4.79 Å². The van der Waals surface area contributed by atoms with Crippen molar-refractivity contribution in [3.63, 3.8) is 0 Å². The number of ether oxygens (including phenoxy) is 2. The second-order valence-corrected chi connectivity index (χ2v) is 4.90. The smallest absolute Gasteiger partial charge is 0.334 e. The van der Waals surface area contributed by atoms with Crippen LogP contribution in [0.2, 0.25) is 0 Å². The third kappa shape index (κ3) is 6.92. The van der Waals surface area contributed by atoms with Crippen molar-refractivity contribution in [3.8, 4) is 5.75 Å². The minimum atomic E-state index is -1.12. The molecule has 0 saturated carbocycles. The molecule has 0 radical (unpaired) electrons. The Balaban J connectivity index is 2.22. The van der Waals surface area contributed by atoms with Gasteiger partial charge in [0.25, 0.3) is 0 Å². The fraction of sp³-hybridized carbons (Fsp3) is 0.438. The zero-order chi connectivity index (χ0) is 17.2. The predicted molar refractivity (Wildman–Crippen MR) is 82.6 cm³/mol. The van der Waals surface area contributed by atoms with Gasteiger partial charge in [0, 0.05) is 19.1 Å². The molecule has 0 saturated heterocycles. The van der Waals surface area contributed by atoms with Crippen molar-refractivity contribution in [2.24, 2.45) is 0 Å². The van der Waals surface area contributed by atoms with Crippen LogP contribution in [0.3, 0.4) is 0 Å². The van der Waals surface area contributed by atoms with Crippen molar-refractivity contribution < 1.29 is 29.0 Å². The average Bonchev–Trinajstić information content (AvgIpc) is 2.52. The Morgan fingerprint density at radius 3 is 2.39 bits per heavy atom. The number of carbonyl (C=O) groups excluding carboxylic acids is 2. The summed E-state index contributed by atoms with van der Waals surface area (Å²) in [5, 5.41) is 11.3. The first kappa shape index (κ1) is 18.6. The maximum absolute atomic E-state index is 11.6. The molecule has 0 spiro atoms. The Bertz CT molecular complexity index is 540. The van der Waals surface area contributed by atoms with Crippen LogP contribution in [0.25, 0.3) is 0 Å². The molecule has 0 heterocycles. The van der Waals surface area contributed by atoms with E-state index in [2.05, 4.69) is 5.32 Å². The molecule has 2 N–H and O–H groups in total. The highest BCUT2D eigenvalue weighted by Gasteiger charge is 2.16. The number of benzene rings is 1. The van der Waals surface area contributed by atoms with Crippen LogP contribution in [-0.4, -0.2) is 49.1 Å². The van der Waals surface area contributed by atoms with Crippen LogP contribution in [0, 0.1) is 0 Å². The molecule has 1 amide bonds. The maximum Gasteiger partial charge on any atom is 0.334 e. The van der Waals surface area contributed by atoms with Crippen LogP contribution < -0.4 is 10.1 Å². The van der Waals surface area contributed by atoms with Gasteiger partial charge in [-0.05, 0) is 37.6 Å². The number of carboxylic acids is 1. The molecular formula is C16H21NO6. The molecule has 1 aromatic rings. The van der Waals surface area contributed by atoms with E-state index in [1.807, 2.05) is 0 Å². The molecule has 1 unspecified atom stereocenters. The second kappa shape index (κ2) is 9.58. The van der Waals surface area contributed by atoms with Gasteiger partial charge >= 0.3 is 5.97 Å². The monoisotopic (exact) mass is 323 g/mol. The van der Waals surface area contributed by atoms with E-state index in [4.69, 9.17) is 14.6 Å². The molecule has 0 fully saturated rings. The number of rotatable bonds is 10. The third-order valence-electron chi connectivity index (χ3n) is 3.12. The van der Waals surface area contributed by atoms with E-state index in [-0.39, 0.29) is 24.7 Å². The fourth-order valence-electron chi connectivity index (χ4n) is 1.77. The average molecular weight is 323 g/mol. The van der Waals surface area contributed by atoms with Crippen LogP contribution in [-0.2, 0) is 14.3 Å². The standard InChI is InChI=1S/C16H21NO6/c1-11(18)12-5-7-13(8-6-12)23-9-3-4-15(19)17-10-14(22-2)16(20)21/h5-8,14H,3-4,9-10H2,1-2H3,(H,17,19)(H,20,21). The lowest BCUT2D eigenvalue weighted by Crippen LogP contribution is -2.37.